The van der Waals surface area contributed by atoms with Gasteiger partial charge in [-0.25, -0.2) is 0 Å². The van der Waals surface area contributed by atoms with Gasteiger partial charge in [0.2, 0.25) is 0 Å². The molecule has 0 aliphatic carbocycles. The summed E-state index contributed by atoms with van der Waals surface area (Å²) in [5.41, 5.74) is 29.4. The molecule has 0 bridgehead atoms. The Morgan fingerprint density at radius 3 is 0.444 bits per heavy atom. The van der Waals surface area contributed by atoms with Crippen molar-refractivity contribution in [2.24, 2.45) is 34.4 Å². The van der Waals surface area contributed by atoms with Gasteiger partial charge in [-0.15, -0.1) is 0 Å². The first-order valence-electron chi connectivity index (χ1n) is 3.95. The minimum Gasteiger partial charge on any atom is -1.00 e. The molecule has 16 N–H and O–H groups in total. The van der Waals surface area contributed by atoms with Crippen LogP contribution in [-0.2, 0) is 16.8 Å². The van der Waals surface area contributed by atoms with E-state index in [-0.39, 0.29) is 65.0 Å². The summed E-state index contributed by atoms with van der Waals surface area (Å²) in [5, 5.41) is 0. The largest absolute Gasteiger partial charge is 3.00 e. The van der Waals surface area contributed by atoms with Crippen molar-refractivity contribution in [3.05, 3.63) is 0 Å². The molecule has 0 heterocycles. The Bertz CT molecular complexity index is 52.8. The maximum atomic E-state index is 4.90. The van der Waals surface area contributed by atoms with Gasteiger partial charge in [-0.3, -0.25) is 0 Å². The third-order valence-electron chi connectivity index (χ3n) is 0.500. The molecule has 8 nitrogen and oxygen atoms in total. The van der Waals surface area contributed by atoms with Crippen LogP contribution >= 0.6 is 0 Å². The number of hydrogen-bond acceptors (Lipinski definition) is 6. The van der Waals surface area contributed by atoms with Crippen molar-refractivity contribution < 1.29 is 65.0 Å². The van der Waals surface area contributed by atoms with Crippen molar-refractivity contribution in [3.63, 3.8) is 0 Å². The fraction of sp³-hybridized carbons (Fsp3) is 1.00. The summed E-state index contributed by atoms with van der Waals surface area (Å²) >= 11 is 0. The van der Waals surface area contributed by atoms with Crippen LogP contribution in [0.15, 0.2) is 0 Å². The van der Waals surface area contributed by atoms with E-state index in [1.807, 2.05) is 0 Å². The van der Waals surface area contributed by atoms with Gasteiger partial charge in [0.05, 0.1) is 0 Å². The van der Waals surface area contributed by atoms with Crippen molar-refractivity contribution in [1.29, 1.82) is 0 Å². The van der Waals surface area contributed by atoms with Gasteiger partial charge in [0, 0.05) is 39.3 Å². The predicted molar refractivity (Wildman–Crippen MR) is 61.6 cm³/mol. The Labute approximate surface area is 138 Å². The zero-order valence-electron chi connectivity index (χ0n) is 10.2. The van der Waals surface area contributed by atoms with Crippen LogP contribution in [0.25, 0.3) is 0 Å². The van der Waals surface area contributed by atoms with Gasteiger partial charge in [0.15, 0.2) is 0 Å². The molecule has 124 valence electrons. The average molecular weight is 382 g/mol. The summed E-state index contributed by atoms with van der Waals surface area (Å²) in [4.78, 5) is 0. The molecule has 0 saturated heterocycles. The molecule has 12 heteroatoms. The Morgan fingerprint density at radius 2 is 0.444 bits per heavy atom. The van der Waals surface area contributed by atoms with Gasteiger partial charge in [-0.05, 0) is 0 Å². The molecule has 0 aromatic rings. The quantitative estimate of drug-likeness (QED) is 0.278. The van der Waals surface area contributed by atoms with Crippen LogP contribution in [-0.4, -0.2) is 50.2 Å². The molecule has 0 aromatic carbocycles. The van der Waals surface area contributed by atoms with Gasteiger partial charge in [-0.2, -0.15) is 0 Å². The first kappa shape index (κ1) is 61.4. The third kappa shape index (κ3) is 267. The molecule has 0 aliphatic rings. The van der Waals surface area contributed by atoms with Gasteiger partial charge in [0.25, 0.3) is 0 Å². The number of halogens is 3. The molecule has 0 spiro atoms. The van der Waals surface area contributed by atoms with E-state index in [0.717, 1.165) is 0 Å². The maximum absolute atomic E-state index is 4.90. The van der Waals surface area contributed by atoms with Crippen LogP contribution in [0.4, 0.5) is 0 Å². The molecule has 0 fully saturated rings. The Kier molecular flexibility index (Phi) is 360. The molecule has 0 rings (SSSR count). The molecule has 0 aromatic heterocycles. The van der Waals surface area contributed by atoms with E-state index in [1.54, 1.807) is 0 Å². The van der Waals surface area contributed by atoms with Crippen LogP contribution < -0.4 is 71.6 Å². The molecule has 0 atom stereocenters. The molecular formula is C6H28Cl3CoN6O2. The Hall–Kier alpha value is 1.06. The van der Waals surface area contributed by atoms with Crippen LogP contribution in [0.1, 0.15) is 0 Å². The second-order valence-corrected chi connectivity index (χ2v) is 1.73. The molecule has 0 unspecified atom stereocenters. The van der Waals surface area contributed by atoms with Crippen molar-refractivity contribution in [1.82, 2.24) is 0 Å². The fourth-order valence-electron chi connectivity index (χ4n) is 0. The average Bonchev–Trinajstić information content (AvgIpc) is 2.18. The summed E-state index contributed by atoms with van der Waals surface area (Å²) in [6.45, 7) is 3.58. The Morgan fingerprint density at radius 1 is 0.389 bits per heavy atom. The first-order valence-corrected chi connectivity index (χ1v) is 3.95. The smallest absolute Gasteiger partial charge is 1.00 e. The van der Waals surface area contributed by atoms with Gasteiger partial charge in [0.1, 0.15) is 0 Å². The standard InChI is InChI=1S/3C2H8N2.3ClH.Co.2H2O/c3*3-1-2-4;;;;;;/h3*1-4H2;3*1H;;2*1H2/q;;;;;;+3;;/p-3. The van der Waals surface area contributed by atoms with Gasteiger partial charge in [-0.1, -0.05) is 0 Å². The minimum atomic E-state index is 0. The van der Waals surface area contributed by atoms with E-state index in [1.165, 1.54) is 0 Å². The summed E-state index contributed by atoms with van der Waals surface area (Å²) < 4.78 is 0. The summed E-state index contributed by atoms with van der Waals surface area (Å²) in [7, 11) is 0. The number of nitrogens with two attached hydrogens (primary N) is 6. The van der Waals surface area contributed by atoms with Crippen LogP contribution in [0.5, 0.6) is 0 Å². The topological polar surface area (TPSA) is 219 Å². The first-order chi connectivity index (χ1) is 5.74. The van der Waals surface area contributed by atoms with Crippen molar-refractivity contribution in [2.45, 2.75) is 0 Å². The molecule has 0 amide bonds. The van der Waals surface area contributed by atoms with Gasteiger partial charge >= 0.3 is 16.8 Å². The van der Waals surface area contributed by atoms with Crippen molar-refractivity contribution in [2.75, 3.05) is 39.3 Å². The normalized spacial score (nSPS) is 5.00. The number of hydrogen-bond donors (Lipinski definition) is 6. The predicted octanol–water partition coefficient (Wildman–Crippen LogP) is -13.9. The molecule has 0 radical (unpaired) electrons. The Balaban J connectivity index is -0.00000000827. The second-order valence-electron chi connectivity index (χ2n) is 1.73. The van der Waals surface area contributed by atoms with E-state index in [0.29, 0.717) is 39.3 Å². The zero-order chi connectivity index (χ0) is 10.2. The van der Waals surface area contributed by atoms with Crippen LogP contribution in [0, 0.1) is 0 Å². The van der Waals surface area contributed by atoms with E-state index < -0.39 is 0 Å². The summed E-state index contributed by atoms with van der Waals surface area (Å²) in [5.74, 6) is 0. The summed E-state index contributed by atoms with van der Waals surface area (Å²) in [6.07, 6.45) is 0. The van der Waals surface area contributed by atoms with Crippen molar-refractivity contribution >= 4 is 0 Å². The fourth-order valence-corrected chi connectivity index (χ4v) is 0. The van der Waals surface area contributed by atoms with E-state index in [4.69, 9.17) is 34.4 Å². The third-order valence-corrected chi connectivity index (χ3v) is 0.500. The van der Waals surface area contributed by atoms with E-state index in [2.05, 4.69) is 0 Å². The molecule has 0 aliphatic heterocycles. The van der Waals surface area contributed by atoms with E-state index in [9.17, 15) is 0 Å². The molecular weight excluding hydrogens is 353 g/mol. The zero-order valence-corrected chi connectivity index (χ0v) is 13.5. The SMILES string of the molecule is NCCN.NCCN.NCCN.O.O.[Cl-].[Cl-].[Cl-].[Co+3]. The van der Waals surface area contributed by atoms with Crippen molar-refractivity contribution in [3.8, 4) is 0 Å². The van der Waals surface area contributed by atoms with Crippen LogP contribution in [0.3, 0.4) is 0 Å². The molecule has 18 heavy (non-hydrogen) atoms. The monoisotopic (exact) mass is 380 g/mol. The second kappa shape index (κ2) is 105. The number of rotatable bonds is 3. The molecule has 0 saturated carbocycles. The maximum Gasteiger partial charge on any atom is 3.00 e. The van der Waals surface area contributed by atoms with Crippen LogP contribution in [0.2, 0.25) is 0 Å². The minimum absolute atomic E-state index is 0. The summed E-state index contributed by atoms with van der Waals surface area (Å²) in [6, 6.07) is 0. The van der Waals surface area contributed by atoms with E-state index >= 15 is 0 Å². The van der Waals surface area contributed by atoms with Gasteiger partial charge < -0.3 is 82.6 Å².